The number of nitrogens with one attached hydrogen (secondary N) is 1. The zero-order chi connectivity index (χ0) is 15.8. The van der Waals surface area contributed by atoms with Gasteiger partial charge >= 0.3 is 0 Å². The van der Waals surface area contributed by atoms with Crippen LogP contribution in [0.25, 0.3) is 0 Å². The number of allylic oxidation sites excluding steroid dienone is 1. The van der Waals surface area contributed by atoms with Gasteiger partial charge in [-0.1, -0.05) is 6.08 Å². The Bertz CT molecular complexity index is 373. The summed E-state index contributed by atoms with van der Waals surface area (Å²) in [6.45, 7) is 5.79. The van der Waals surface area contributed by atoms with E-state index in [1.165, 1.54) is 0 Å². The fraction of sp³-hybridized carbons (Fsp3) is 0.733. The molecule has 0 aromatic heterocycles. The lowest BCUT2D eigenvalue weighted by Gasteiger charge is -2.25. The van der Waals surface area contributed by atoms with Crippen molar-refractivity contribution >= 4 is 11.8 Å². The van der Waals surface area contributed by atoms with Crippen LogP contribution in [-0.2, 0) is 9.59 Å². The average Bonchev–Trinajstić information content (AvgIpc) is 2.94. The van der Waals surface area contributed by atoms with Crippen molar-refractivity contribution < 1.29 is 19.8 Å². The third kappa shape index (κ3) is 5.13. The number of carbonyl (C=O) groups is 2. The molecule has 0 radical (unpaired) electrons. The van der Waals surface area contributed by atoms with E-state index in [1.54, 1.807) is 17.9 Å². The Hall–Kier alpha value is -1.40. The molecule has 0 aliphatic carbocycles. The number of carbonyl (C=O) groups excluding carboxylic acids is 2. The van der Waals surface area contributed by atoms with Crippen LogP contribution in [0.1, 0.15) is 32.6 Å². The van der Waals surface area contributed by atoms with Gasteiger partial charge in [0.1, 0.15) is 0 Å². The van der Waals surface area contributed by atoms with Crippen molar-refractivity contribution in [3.05, 3.63) is 12.7 Å². The number of aliphatic hydroxyl groups is 2. The Morgan fingerprint density at radius 2 is 2.19 bits per heavy atom. The first-order chi connectivity index (χ1) is 10.0. The molecule has 3 N–H and O–H groups in total. The molecular weight excluding hydrogens is 272 g/mol. The monoisotopic (exact) mass is 298 g/mol. The lowest BCUT2D eigenvalue weighted by molar-refractivity contribution is -0.137. The van der Waals surface area contributed by atoms with Gasteiger partial charge in [-0.05, 0) is 26.2 Å². The third-order valence-electron chi connectivity index (χ3n) is 3.81. The number of hydrogen-bond donors (Lipinski definition) is 3. The Kier molecular flexibility index (Phi) is 7.39. The smallest absolute Gasteiger partial charge is 0.224 e. The summed E-state index contributed by atoms with van der Waals surface area (Å²) in [4.78, 5) is 26.1. The minimum atomic E-state index is -0.482. The molecule has 1 aliphatic rings. The molecule has 0 spiro atoms. The van der Waals surface area contributed by atoms with Gasteiger partial charge in [0.25, 0.3) is 0 Å². The number of amides is 2. The minimum Gasteiger partial charge on any atom is -0.394 e. The maximum atomic E-state index is 12.3. The molecular formula is C15H26N2O4. The van der Waals surface area contributed by atoms with Crippen LogP contribution in [0.2, 0.25) is 0 Å². The van der Waals surface area contributed by atoms with Crippen LogP contribution in [0.5, 0.6) is 0 Å². The van der Waals surface area contributed by atoms with Crippen LogP contribution in [-0.4, -0.2) is 58.8 Å². The molecule has 6 heteroatoms. The number of rotatable bonds is 8. The van der Waals surface area contributed by atoms with E-state index < -0.39 is 5.92 Å². The minimum absolute atomic E-state index is 0.0361. The SMILES string of the molecule is C=CC[C@@H](CC(=O)N1CCC[C@H]1CO)C(=O)N[C@@H](C)CO. The van der Waals surface area contributed by atoms with Crippen LogP contribution < -0.4 is 5.32 Å². The summed E-state index contributed by atoms with van der Waals surface area (Å²) >= 11 is 0. The summed E-state index contributed by atoms with van der Waals surface area (Å²) in [5.41, 5.74) is 0. The zero-order valence-electron chi connectivity index (χ0n) is 12.6. The summed E-state index contributed by atoms with van der Waals surface area (Å²) in [6, 6.07) is -0.460. The van der Waals surface area contributed by atoms with Crippen LogP contribution in [0.15, 0.2) is 12.7 Å². The zero-order valence-corrected chi connectivity index (χ0v) is 12.6. The Morgan fingerprint density at radius 1 is 1.48 bits per heavy atom. The van der Waals surface area contributed by atoms with Gasteiger partial charge in [-0.15, -0.1) is 6.58 Å². The van der Waals surface area contributed by atoms with Crippen molar-refractivity contribution in [2.75, 3.05) is 19.8 Å². The molecule has 0 bridgehead atoms. The highest BCUT2D eigenvalue weighted by molar-refractivity contribution is 5.86. The predicted molar refractivity (Wildman–Crippen MR) is 79.4 cm³/mol. The third-order valence-corrected chi connectivity index (χ3v) is 3.81. The van der Waals surface area contributed by atoms with Crippen LogP contribution >= 0.6 is 0 Å². The topological polar surface area (TPSA) is 89.9 Å². The van der Waals surface area contributed by atoms with Crippen LogP contribution in [0.3, 0.4) is 0 Å². The molecule has 6 nitrogen and oxygen atoms in total. The molecule has 0 aromatic carbocycles. The summed E-state index contributed by atoms with van der Waals surface area (Å²) in [5.74, 6) is -0.835. The maximum absolute atomic E-state index is 12.3. The molecule has 0 aromatic rings. The second-order valence-corrected chi connectivity index (χ2v) is 5.58. The highest BCUT2D eigenvalue weighted by atomic mass is 16.3. The van der Waals surface area contributed by atoms with E-state index in [0.717, 1.165) is 12.8 Å². The first-order valence-electron chi connectivity index (χ1n) is 7.45. The van der Waals surface area contributed by atoms with Crippen molar-refractivity contribution in [2.24, 2.45) is 5.92 Å². The van der Waals surface area contributed by atoms with E-state index in [4.69, 9.17) is 5.11 Å². The van der Waals surface area contributed by atoms with E-state index in [-0.39, 0.29) is 43.5 Å². The number of likely N-dealkylation sites (tertiary alicyclic amines) is 1. The number of aliphatic hydroxyl groups excluding tert-OH is 2. The lowest BCUT2D eigenvalue weighted by Crippen LogP contribution is -2.43. The molecule has 21 heavy (non-hydrogen) atoms. The van der Waals surface area contributed by atoms with E-state index >= 15 is 0 Å². The molecule has 1 aliphatic heterocycles. The first kappa shape index (κ1) is 17.7. The van der Waals surface area contributed by atoms with Crippen molar-refractivity contribution in [3.8, 4) is 0 Å². The van der Waals surface area contributed by atoms with Gasteiger partial charge in [0.15, 0.2) is 0 Å². The number of nitrogens with zero attached hydrogens (tertiary/aromatic N) is 1. The molecule has 1 saturated heterocycles. The van der Waals surface area contributed by atoms with Crippen molar-refractivity contribution in [1.82, 2.24) is 10.2 Å². The van der Waals surface area contributed by atoms with E-state index in [1.807, 2.05) is 0 Å². The largest absolute Gasteiger partial charge is 0.394 e. The molecule has 3 atom stereocenters. The van der Waals surface area contributed by atoms with Crippen molar-refractivity contribution in [3.63, 3.8) is 0 Å². The quantitative estimate of drug-likeness (QED) is 0.552. The standard InChI is InChI=1S/C15H26N2O4/c1-3-5-12(15(21)16-11(2)9-18)8-14(20)17-7-4-6-13(17)10-19/h3,11-13,18-19H,1,4-10H2,2H3,(H,16,21)/t11-,12-,13-/m0/s1. The molecule has 120 valence electrons. The highest BCUT2D eigenvalue weighted by Crippen LogP contribution is 2.20. The molecule has 1 fully saturated rings. The molecule has 1 rings (SSSR count). The molecule has 0 unspecified atom stereocenters. The van der Waals surface area contributed by atoms with Crippen LogP contribution in [0.4, 0.5) is 0 Å². The molecule has 2 amide bonds. The van der Waals surface area contributed by atoms with E-state index in [2.05, 4.69) is 11.9 Å². The van der Waals surface area contributed by atoms with Crippen molar-refractivity contribution in [2.45, 2.75) is 44.7 Å². The predicted octanol–water partition coefficient (Wildman–Crippen LogP) is 0.0491. The summed E-state index contributed by atoms with van der Waals surface area (Å²) in [6.07, 6.45) is 3.83. The van der Waals surface area contributed by atoms with Gasteiger partial charge < -0.3 is 20.4 Å². The molecule has 0 saturated carbocycles. The fourth-order valence-electron chi connectivity index (χ4n) is 2.57. The van der Waals surface area contributed by atoms with Gasteiger partial charge in [-0.2, -0.15) is 0 Å². The Morgan fingerprint density at radius 3 is 2.76 bits per heavy atom. The fourth-order valence-corrected chi connectivity index (χ4v) is 2.57. The second kappa shape index (κ2) is 8.79. The van der Waals surface area contributed by atoms with Gasteiger partial charge in [-0.3, -0.25) is 9.59 Å². The van der Waals surface area contributed by atoms with Gasteiger partial charge in [-0.25, -0.2) is 0 Å². The summed E-state index contributed by atoms with van der Waals surface area (Å²) in [5, 5.41) is 20.9. The summed E-state index contributed by atoms with van der Waals surface area (Å²) < 4.78 is 0. The normalized spacial score (nSPS) is 20.9. The van der Waals surface area contributed by atoms with Crippen LogP contribution in [0, 0.1) is 5.92 Å². The van der Waals surface area contributed by atoms with E-state index in [0.29, 0.717) is 13.0 Å². The maximum Gasteiger partial charge on any atom is 0.224 e. The Balaban J connectivity index is 2.62. The first-order valence-corrected chi connectivity index (χ1v) is 7.45. The van der Waals surface area contributed by atoms with Crippen molar-refractivity contribution in [1.29, 1.82) is 0 Å². The highest BCUT2D eigenvalue weighted by Gasteiger charge is 2.31. The van der Waals surface area contributed by atoms with Gasteiger partial charge in [0, 0.05) is 19.0 Å². The molecule has 1 heterocycles. The Labute approximate surface area is 125 Å². The average molecular weight is 298 g/mol. The number of hydrogen-bond acceptors (Lipinski definition) is 4. The van der Waals surface area contributed by atoms with Gasteiger partial charge in [0.05, 0.1) is 25.2 Å². The summed E-state index contributed by atoms with van der Waals surface area (Å²) in [7, 11) is 0. The van der Waals surface area contributed by atoms with Gasteiger partial charge in [0.2, 0.25) is 11.8 Å². The second-order valence-electron chi connectivity index (χ2n) is 5.58. The van der Waals surface area contributed by atoms with E-state index in [9.17, 15) is 14.7 Å². The lowest BCUT2D eigenvalue weighted by atomic mass is 9.99.